The minimum atomic E-state index is -4.15. The zero-order valence-corrected chi connectivity index (χ0v) is 19.2. The Balaban J connectivity index is 1.84. The Hall–Kier alpha value is -3.37. The summed E-state index contributed by atoms with van der Waals surface area (Å²) in [5, 5.41) is 15.4. The van der Waals surface area contributed by atoms with Gasteiger partial charge < -0.3 is 5.32 Å². The molecule has 0 aliphatic rings. The molecule has 0 radical (unpaired) electrons. The van der Waals surface area contributed by atoms with Gasteiger partial charge in [0.15, 0.2) is 4.90 Å². The Kier molecular flexibility index (Phi) is 5.90. The standard InChI is InChI=1S/C22H17BrN4O4S/c1-14(15-5-3-2-4-6-15)26-22-18-11-20(27(28)29)21(12-19(18)24-13-25-22)32(30,31)17-9-7-16(23)8-10-17/h2-14H,1H3,(H,24,25,26). The van der Waals surface area contributed by atoms with Crippen LogP contribution in [0, 0.1) is 10.1 Å². The quantitative estimate of drug-likeness (QED) is 0.275. The number of aromatic nitrogens is 2. The second-order valence-electron chi connectivity index (χ2n) is 7.05. The number of fused-ring (bicyclic) bond motifs is 1. The molecule has 1 heterocycles. The van der Waals surface area contributed by atoms with Crippen molar-refractivity contribution in [3.8, 4) is 0 Å². The maximum Gasteiger partial charge on any atom is 0.289 e. The Morgan fingerprint density at radius 3 is 2.38 bits per heavy atom. The number of nitro groups is 1. The SMILES string of the molecule is CC(Nc1ncnc2cc(S(=O)(=O)c3ccc(Br)cc3)c([N+](=O)[O-])cc12)c1ccccc1. The van der Waals surface area contributed by atoms with Gasteiger partial charge in [0.25, 0.3) is 5.69 Å². The monoisotopic (exact) mass is 512 g/mol. The number of benzene rings is 3. The van der Waals surface area contributed by atoms with E-state index in [9.17, 15) is 18.5 Å². The molecule has 0 amide bonds. The minimum Gasteiger partial charge on any atom is -0.363 e. The highest BCUT2D eigenvalue weighted by atomic mass is 79.9. The highest BCUT2D eigenvalue weighted by molar-refractivity contribution is 9.10. The molecule has 1 aromatic heterocycles. The Labute approximate surface area is 192 Å². The molecule has 0 bridgehead atoms. The van der Waals surface area contributed by atoms with Crippen LogP contribution in [-0.4, -0.2) is 23.3 Å². The summed E-state index contributed by atoms with van der Waals surface area (Å²) in [7, 11) is -4.15. The third-order valence-electron chi connectivity index (χ3n) is 4.98. The fraction of sp³-hybridized carbons (Fsp3) is 0.0909. The zero-order valence-electron chi connectivity index (χ0n) is 16.8. The third-order valence-corrected chi connectivity index (χ3v) is 7.31. The van der Waals surface area contributed by atoms with Gasteiger partial charge >= 0.3 is 0 Å². The van der Waals surface area contributed by atoms with Gasteiger partial charge in [-0.3, -0.25) is 10.1 Å². The average molecular weight is 513 g/mol. The van der Waals surface area contributed by atoms with Crippen LogP contribution in [0.2, 0.25) is 0 Å². The third kappa shape index (κ3) is 4.19. The summed E-state index contributed by atoms with van der Waals surface area (Å²) in [6, 6.07) is 17.8. The van der Waals surface area contributed by atoms with Crippen molar-refractivity contribution in [1.82, 2.24) is 9.97 Å². The molecule has 0 aliphatic carbocycles. The highest BCUT2D eigenvalue weighted by Crippen LogP contribution is 2.35. The van der Waals surface area contributed by atoms with Crippen LogP contribution >= 0.6 is 15.9 Å². The number of nitrogens with zero attached hydrogens (tertiary/aromatic N) is 3. The number of nitro benzene ring substituents is 1. The fourth-order valence-corrected chi connectivity index (χ4v) is 5.00. The normalized spacial score (nSPS) is 12.4. The van der Waals surface area contributed by atoms with Gasteiger partial charge in [-0.1, -0.05) is 46.3 Å². The van der Waals surface area contributed by atoms with Crippen molar-refractivity contribution in [3.63, 3.8) is 0 Å². The van der Waals surface area contributed by atoms with Crippen LogP contribution in [0.4, 0.5) is 11.5 Å². The van der Waals surface area contributed by atoms with Crippen molar-refractivity contribution in [2.45, 2.75) is 22.8 Å². The van der Waals surface area contributed by atoms with E-state index in [1.807, 2.05) is 37.3 Å². The predicted molar refractivity (Wildman–Crippen MR) is 124 cm³/mol. The zero-order chi connectivity index (χ0) is 22.9. The second kappa shape index (κ2) is 8.64. The molecule has 4 aromatic rings. The van der Waals surface area contributed by atoms with Crippen LogP contribution < -0.4 is 5.32 Å². The first-order chi connectivity index (χ1) is 15.3. The van der Waals surface area contributed by atoms with E-state index in [0.29, 0.717) is 15.7 Å². The van der Waals surface area contributed by atoms with Gasteiger partial charge in [-0.25, -0.2) is 18.4 Å². The molecule has 1 atom stereocenters. The first kappa shape index (κ1) is 21.8. The van der Waals surface area contributed by atoms with Crippen molar-refractivity contribution in [1.29, 1.82) is 0 Å². The lowest BCUT2D eigenvalue weighted by atomic mass is 10.1. The number of anilines is 1. The molecule has 0 fully saturated rings. The summed E-state index contributed by atoms with van der Waals surface area (Å²) in [6.45, 7) is 1.93. The van der Waals surface area contributed by atoms with E-state index < -0.39 is 25.3 Å². The van der Waals surface area contributed by atoms with Crippen molar-refractivity contribution in [2.75, 3.05) is 5.32 Å². The highest BCUT2D eigenvalue weighted by Gasteiger charge is 2.29. The van der Waals surface area contributed by atoms with Gasteiger partial charge in [-0.2, -0.15) is 0 Å². The topological polar surface area (TPSA) is 115 Å². The summed E-state index contributed by atoms with van der Waals surface area (Å²) < 4.78 is 27.1. The van der Waals surface area contributed by atoms with Crippen molar-refractivity contribution in [2.24, 2.45) is 0 Å². The number of sulfone groups is 1. The maximum atomic E-state index is 13.2. The van der Waals surface area contributed by atoms with Crippen LogP contribution in [0.25, 0.3) is 10.9 Å². The number of hydrogen-bond donors (Lipinski definition) is 1. The van der Waals surface area contributed by atoms with Gasteiger partial charge in [-0.15, -0.1) is 0 Å². The maximum absolute atomic E-state index is 13.2. The molecular weight excluding hydrogens is 496 g/mol. The van der Waals surface area contributed by atoms with Crippen molar-refractivity contribution >= 4 is 48.2 Å². The molecule has 4 rings (SSSR count). The molecule has 0 aliphatic heterocycles. The Bertz CT molecular complexity index is 1410. The van der Waals surface area contributed by atoms with E-state index in [0.717, 1.165) is 5.56 Å². The van der Waals surface area contributed by atoms with Crippen LogP contribution in [0.5, 0.6) is 0 Å². The fourth-order valence-electron chi connectivity index (χ4n) is 3.32. The molecule has 1 N–H and O–H groups in total. The first-order valence-corrected chi connectivity index (χ1v) is 11.8. The molecule has 0 spiro atoms. The van der Waals surface area contributed by atoms with Gasteiger partial charge in [0.1, 0.15) is 12.1 Å². The minimum absolute atomic E-state index is 0.0479. The number of halogens is 1. The molecule has 8 nitrogen and oxygen atoms in total. The van der Waals surface area contributed by atoms with Gasteiger partial charge in [0.2, 0.25) is 9.84 Å². The second-order valence-corrected chi connectivity index (χ2v) is 9.88. The predicted octanol–water partition coefficient (Wildman–Crippen LogP) is 5.31. The molecule has 1 unspecified atom stereocenters. The number of nitrogens with one attached hydrogen (secondary N) is 1. The summed E-state index contributed by atoms with van der Waals surface area (Å²) in [4.78, 5) is 19.0. The van der Waals surface area contributed by atoms with Gasteiger partial charge in [0.05, 0.1) is 15.3 Å². The van der Waals surface area contributed by atoms with Crippen molar-refractivity contribution in [3.05, 3.63) is 93.2 Å². The van der Waals surface area contributed by atoms with Gasteiger partial charge in [-0.05, 0) is 42.8 Å². The Morgan fingerprint density at radius 1 is 1.03 bits per heavy atom. The largest absolute Gasteiger partial charge is 0.363 e. The molecule has 0 saturated carbocycles. The van der Waals surface area contributed by atoms with Gasteiger partial charge in [0, 0.05) is 22.0 Å². The van der Waals surface area contributed by atoms with Crippen LogP contribution in [0.15, 0.2) is 87.3 Å². The summed E-state index contributed by atoms with van der Waals surface area (Å²) >= 11 is 3.26. The van der Waals surface area contributed by atoms with Crippen LogP contribution in [0.3, 0.4) is 0 Å². The smallest absolute Gasteiger partial charge is 0.289 e. The molecule has 162 valence electrons. The van der Waals surface area contributed by atoms with Crippen LogP contribution in [-0.2, 0) is 9.84 Å². The van der Waals surface area contributed by atoms with Crippen LogP contribution in [0.1, 0.15) is 18.5 Å². The average Bonchev–Trinajstić information content (AvgIpc) is 2.79. The van der Waals surface area contributed by atoms with E-state index in [2.05, 4.69) is 31.2 Å². The first-order valence-electron chi connectivity index (χ1n) is 9.52. The number of rotatable bonds is 6. The Morgan fingerprint density at radius 2 is 1.72 bits per heavy atom. The molecule has 10 heteroatoms. The summed E-state index contributed by atoms with van der Waals surface area (Å²) in [6.07, 6.45) is 1.30. The van der Waals surface area contributed by atoms with E-state index in [-0.39, 0.29) is 16.5 Å². The molecule has 3 aromatic carbocycles. The number of hydrogen-bond acceptors (Lipinski definition) is 7. The lowest BCUT2D eigenvalue weighted by Gasteiger charge is -2.16. The van der Waals surface area contributed by atoms with Crippen molar-refractivity contribution < 1.29 is 13.3 Å². The lowest BCUT2D eigenvalue weighted by molar-refractivity contribution is -0.387. The molecule has 32 heavy (non-hydrogen) atoms. The van der Waals surface area contributed by atoms with E-state index in [1.54, 1.807) is 12.1 Å². The van der Waals surface area contributed by atoms with E-state index in [4.69, 9.17) is 0 Å². The van der Waals surface area contributed by atoms with E-state index >= 15 is 0 Å². The summed E-state index contributed by atoms with van der Waals surface area (Å²) in [5.41, 5.74) is 0.748. The summed E-state index contributed by atoms with van der Waals surface area (Å²) in [5.74, 6) is 0.377. The molecular formula is C22H17BrN4O4S. The van der Waals surface area contributed by atoms with E-state index in [1.165, 1.54) is 30.6 Å². The molecule has 0 saturated heterocycles. The lowest BCUT2D eigenvalue weighted by Crippen LogP contribution is -2.10.